The first-order chi connectivity index (χ1) is 9.05. The Kier molecular flexibility index (Phi) is 4.10. The molecule has 0 amide bonds. The highest BCUT2D eigenvalue weighted by Crippen LogP contribution is 2.30. The smallest absolute Gasteiger partial charge is 0.206 e. The quantitative estimate of drug-likeness (QED) is 0.793. The van der Waals surface area contributed by atoms with Crippen LogP contribution in [0.3, 0.4) is 0 Å². The molecule has 0 bridgehead atoms. The zero-order valence-corrected chi connectivity index (χ0v) is 11.9. The van der Waals surface area contributed by atoms with Crippen molar-refractivity contribution in [1.82, 2.24) is 0 Å². The molecule has 0 unspecified atom stereocenters. The summed E-state index contributed by atoms with van der Waals surface area (Å²) < 4.78 is 30.7. The fraction of sp³-hybridized carbons (Fsp3) is 0.333. The minimum atomic E-state index is -3.48. The highest BCUT2D eigenvalue weighted by atomic mass is 32.2. The van der Waals surface area contributed by atoms with Crippen molar-refractivity contribution in [3.8, 4) is 0 Å². The van der Waals surface area contributed by atoms with E-state index in [4.69, 9.17) is 4.74 Å². The van der Waals surface area contributed by atoms with Crippen LogP contribution in [-0.4, -0.2) is 15.0 Å². The Labute approximate surface area is 114 Å². The van der Waals surface area contributed by atoms with Gasteiger partial charge in [0, 0.05) is 12.8 Å². The monoisotopic (exact) mass is 278 g/mol. The van der Waals surface area contributed by atoms with Crippen LogP contribution in [0.5, 0.6) is 0 Å². The molecule has 1 saturated heterocycles. The summed E-state index contributed by atoms with van der Waals surface area (Å²) in [6.07, 6.45) is 3.48. The summed E-state index contributed by atoms with van der Waals surface area (Å²) >= 11 is 0. The third-order valence-corrected chi connectivity index (χ3v) is 5.06. The SMILES string of the molecule is C=CC/C(=C1/CCCO1)S(=O)(=O)c1ccc(C)cc1. The molecule has 0 aliphatic carbocycles. The molecule has 0 atom stereocenters. The van der Waals surface area contributed by atoms with Crippen molar-refractivity contribution in [1.29, 1.82) is 0 Å². The molecule has 0 aromatic heterocycles. The van der Waals surface area contributed by atoms with E-state index in [1.54, 1.807) is 30.3 Å². The molecular formula is C15H18O3S. The van der Waals surface area contributed by atoms with Gasteiger partial charge in [0.2, 0.25) is 9.84 Å². The fourth-order valence-corrected chi connectivity index (χ4v) is 3.66. The van der Waals surface area contributed by atoms with Gasteiger partial charge in [-0.25, -0.2) is 8.42 Å². The Morgan fingerprint density at radius 2 is 2.05 bits per heavy atom. The van der Waals surface area contributed by atoms with Crippen molar-refractivity contribution in [3.05, 3.63) is 53.1 Å². The molecule has 1 aliphatic rings. The lowest BCUT2D eigenvalue weighted by Gasteiger charge is -2.11. The predicted molar refractivity (Wildman–Crippen MR) is 75.4 cm³/mol. The normalized spacial score (nSPS) is 17.9. The minimum Gasteiger partial charge on any atom is -0.497 e. The highest BCUT2D eigenvalue weighted by Gasteiger charge is 2.26. The highest BCUT2D eigenvalue weighted by molar-refractivity contribution is 7.95. The number of ether oxygens (including phenoxy) is 1. The molecule has 102 valence electrons. The summed E-state index contributed by atoms with van der Waals surface area (Å²) in [5.74, 6) is 0.598. The topological polar surface area (TPSA) is 43.4 Å². The van der Waals surface area contributed by atoms with Gasteiger partial charge in [0.15, 0.2) is 0 Å². The molecule has 1 heterocycles. The Hall–Kier alpha value is -1.55. The van der Waals surface area contributed by atoms with Gasteiger partial charge in [0.1, 0.15) is 5.76 Å². The average Bonchev–Trinajstić information content (AvgIpc) is 2.89. The zero-order chi connectivity index (χ0) is 13.9. The van der Waals surface area contributed by atoms with E-state index in [9.17, 15) is 8.42 Å². The summed E-state index contributed by atoms with van der Waals surface area (Å²) in [5.41, 5.74) is 1.04. The molecule has 0 saturated carbocycles. The van der Waals surface area contributed by atoms with E-state index in [-0.39, 0.29) is 0 Å². The van der Waals surface area contributed by atoms with E-state index in [1.165, 1.54) is 0 Å². The van der Waals surface area contributed by atoms with Crippen LogP contribution in [0.15, 0.2) is 52.5 Å². The van der Waals surface area contributed by atoms with Gasteiger partial charge in [-0.05, 0) is 25.5 Å². The van der Waals surface area contributed by atoms with Crippen molar-refractivity contribution in [2.45, 2.75) is 31.1 Å². The van der Waals surface area contributed by atoms with Crippen LogP contribution in [-0.2, 0) is 14.6 Å². The standard InChI is InChI=1S/C15H18O3S/c1-3-5-15(14-6-4-11-18-14)19(16,17)13-9-7-12(2)8-10-13/h3,7-10H,1,4-6,11H2,2H3/b15-14+. The average molecular weight is 278 g/mol. The van der Waals surface area contributed by atoms with Crippen LogP contribution in [0.25, 0.3) is 0 Å². The third-order valence-electron chi connectivity index (χ3n) is 3.12. The number of hydrogen-bond donors (Lipinski definition) is 0. The van der Waals surface area contributed by atoms with Crippen molar-refractivity contribution < 1.29 is 13.2 Å². The van der Waals surface area contributed by atoms with Crippen molar-refractivity contribution in [2.24, 2.45) is 0 Å². The Morgan fingerprint density at radius 1 is 1.37 bits per heavy atom. The zero-order valence-electron chi connectivity index (χ0n) is 11.1. The Morgan fingerprint density at radius 3 is 2.58 bits per heavy atom. The van der Waals surface area contributed by atoms with Crippen LogP contribution in [0.4, 0.5) is 0 Å². The lowest BCUT2D eigenvalue weighted by atomic mass is 10.2. The van der Waals surface area contributed by atoms with Gasteiger partial charge in [-0.3, -0.25) is 0 Å². The van der Waals surface area contributed by atoms with Gasteiger partial charge in [-0.1, -0.05) is 23.8 Å². The fourth-order valence-electron chi connectivity index (χ4n) is 2.08. The molecular weight excluding hydrogens is 260 g/mol. The van der Waals surface area contributed by atoms with Crippen molar-refractivity contribution in [2.75, 3.05) is 6.61 Å². The molecule has 1 aromatic carbocycles. The van der Waals surface area contributed by atoms with Gasteiger partial charge in [0.25, 0.3) is 0 Å². The lowest BCUT2D eigenvalue weighted by Crippen LogP contribution is -2.07. The Balaban J connectivity index is 2.48. The molecule has 1 aliphatic heterocycles. The first kappa shape index (κ1) is 13.9. The first-order valence-electron chi connectivity index (χ1n) is 6.33. The van der Waals surface area contributed by atoms with E-state index in [2.05, 4.69) is 6.58 Å². The molecule has 2 rings (SSSR count). The molecule has 0 spiro atoms. The largest absolute Gasteiger partial charge is 0.497 e. The van der Waals surface area contributed by atoms with Crippen molar-refractivity contribution in [3.63, 3.8) is 0 Å². The van der Waals surface area contributed by atoms with E-state index >= 15 is 0 Å². The van der Waals surface area contributed by atoms with Gasteiger partial charge < -0.3 is 4.74 Å². The van der Waals surface area contributed by atoms with Gasteiger partial charge in [-0.2, -0.15) is 0 Å². The summed E-state index contributed by atoms with van der Waals surface area (Å²) in [6, 6.07) is 6.89. The van der Waals surface area contributed by atoms with Crippen LogP contribution >= 0.6 is 0 Å². The third kappa shape index (κ3) is 2.89. The summed E-state index contributed by atoms with van der Waals surface area (Å²) in [4.78, 5) is 0.668. The van der Waals surface area contributed by atoms with Gasteiger partial charge >= 0.3 is 0 Å². The van der Waals surface area contributed by atoms with Gasteiger partial charge in [-0.15, -0.1) is 6.58 Å². The second kappa shape index (κ2) is 5.61. The van der Waals surface area contributed by atoms with Crippen LogP contribution in [0, 0.1) is 6.92 Å². The first-order valence-corrected chi connectivity index (χ1v) is 7.81. The second-order valence-corrected chi connectivity index (χ2v) is 6.58. The number of sulfone groups is 1. The summed E-state index contributed by atoms with van der Waals surface area (Å²) in [5, 5.41) is 0. The van der Waals surface area contributed by atoms with E-state index in [0.717, 1.165) is 12.0 Å². The molecule has 0 radical (unpaired) electrons. The number of benzene rings is 1. The number of aryl methyl sites for hydroxylation is 1. The van der Waals surface area contributed by atoms with Crippen molar-refractivity contribution >= 4 is 9.84 Å². The van der Waals surface area contributed by atoms with E-state index in [0.29, 0.717) is 35.0 Å². The molecule has 4 heteroatoms. The minimum absolute atomic E-state index is 0.311. The lowest BCUT2D eigenvalue weighted by molar-refractivity contribution is 0.261. The second-order valence-electron chi connectivity index (χ2n) is 4.61. The van der Waals surface area contributed by atoms with Crippen LogP contribution < -0.4 is 0 Å². The van der Waals surface area contributed by atoms with Crippen LogP contribution in [0.2, 0.25) is 0 Å². The molecule has 0 N–H and O–H groups in total. The number of hydrogen-bond acceptors (Lipinski definition) is 3. The van der Waals surface area contributed by atoms with Crippen LogP contribution in [0.1, 0.15) is 24.8 Å². The summed E-state index contributed by atoms with van der Waals surface area (Å²) in [7, 11) is -3.48. The molecule has 19 heavy (non-hydrogen) atoms. The Bertz CT molecular complexity index is 587. The van der Waals surface area contributed by atoms with E-state index in [1.807, 2.05) is 6.92 Å². The maximum Gasteiger partial charge on any atom is 0.206 e. The summed E-state index contributed by atoms with van der Waals surface area (Å²) in [6.45, 7) is 6.17. The maximum absolute atomic E-state index is 12.6. The van der Waals surface area contributed by atoms with E-state index < -0.39 is 9.84 Å². The number of rotatable bonds is 4. The predicted octanol–water partition coefficient (Wildman–Crippen LogP) is 3.37. The van der Waals surface area contributed by atoms with Gasteiger partial charge in [0.05, 0.1) is 16.4 Å². The molecule has 3 nitrogen and oxygen atoms in total. The molecule has 1 aromatic rings. The maximum atomic E-state index is 12.6. The molecule has 1 fully saturated rings. The number of allylic oxidation sites excluding steroid dienone is 3.